The maximum absolute atomic E-state index is 12.6. The van der Waals surface area contributed by atoms with Crippen LogP contribution in [0.1, 0.15) is 34.5 Å². The Bertz CT molecular complexity index is 573. The minimum atomic E-state index is 0.0602. The highest BCUT2D eigenvalue weighted by Crippen LogP contribution is 2.30. The Morgan fingerprint density at radius 2 is 2.00 bits per heavy atom. The maximum atomic E-state index is 12.6. The van der Waals surface area contributed by atoms with Gasteiger partial charge in [-0.2, -0.15) is 0 Å². The van der Waals surface area contributed by atoms with Gasteiger partial charge in [0, 0.05) is 17.5 Å². The first-order valence-corrected chi connectivity index (χ1v) is 7.29. The van der Waals surface area contributed by atoms with Crippen LogP contribution >= 0.6 is 11.6 Å². The van der Waals surface area contributed by atoms with Crippen LogP contribution in [-0.2, 0) is 12.4 Å². The molecule has 0 radical (unpaired) electrons. The first-order chi connectivity index (χ1) is 9.78. The van der Waals surface area contributed by atoms with E-state index in [2.05, 4.69) is 0 Å². The smallest absolute Gasteiger partial charge is 0.254 e. The summed E-state index contributed by atoms with van der Waals surface area (Å²) in [5, 5.41) is 0. The highest BCUT2D eigenvalue weighted by Gasteiger charge is 2.33. The van der Waals surface area contributed by atoms with Crippen LogP contribution in [0.5, 0.6) is 0 Å². The average Bonchev–Trinajstić information content (AvgIpc) is 3.21. The molecule has 3 nitrogen and oxygen atoms in total. The molecule has 1 heterocycles. The van der Waals surface area contributed by atoms with E-state index in [9.17, 15) is 4.79 Å². The Kier molecular flexibility index (Phi) is 3.79. The second kappa shape index (κ2) is 5.71. The molecule has 1 fully saturated rings. The van der Waals surface area contributed by atoms with Gasteiger partial charge in [0.05, 0.1) is 12.8 Å². The van der Waals surface area contributed by atoms with Crippen molar-refractivity contribution in [1.29, 1.82) is 0 Å². The average molecular weight is 290 g/mol. The fraction of sp³-hybridized carbons (Fsp3) is 0.312. The number of furan rings is 1. The highest BCUT2D eigenvalue weighted by atomic mass is 35.5. The number of carbonyl (C=O) groups is 1. The Morgan fingerprint density at radius 3 is 2.55 bits per heavy atom. The van der Waals surface area contributed by atoms with Gasteiger partial charge in [-0.05, 0) is 42.7 Å². The van der Waals surface area contributed by atoms with Crippen LogP contribution in [0.3, 0.4) is 0 Å². The third-order valence-electron chi connectivity index (χ3n) is 3.51. The Morgan fingerprint density at radius 1 is 1.25 bits per heavy atom. The standard InChI is InChI=1S/C16H16ClNO2/c17-10-12-3-5-13(6-4-12)16(19)18(14-7-8-14)11-15-2-1-9-20-15/h1-6,9,14H,7-8,10-11H2. The number of hydrogen-bond donors (Lipinski definition) is 0. The van der Waals surface area contributed by atoms with Gasteiger partial charge in [0.25, 0.3) is 5.91 Å². The molecule has 104 valence electrons. The number of benzene rings is 1. The minimum Gasteiger partial charge on any atom is -0.467 e. The third kappa shape index (κ3) is 2.88. The van der Waals surface area contributed by atoms with Crippen molar-refractivity contribution in [3.05, 3.63) is 59.5 Å². The SMILES string of the molecule is O=C(c1ccc(CCl)cc1)N(Cc1ccco1)C1CC1. The van der Waals surface area contributed by atoms with Crippen LogP contribution in [0.2, 0.25) is 0 Å². The molecule has 1 aromatic carbocycles. The van der Waals surface area contributed by atoms with Gasteiger partial charge in [-0.15, -0.1) is 11.6 Å². The Balaban J connectivity index is 1.77. The van der Waals surface area contributed by atoms with E-state index in [0.29, 0.717) is 24.0 Å². The van der Waals surface area contributed by atoms with Crippen LogP contribution in [-0.4, -0.2) is 16.8 Å². The Hall–Kier alpha value is -1.74. The van der Waals surface area contributed by atoms with Crippen molar-refractivity contribution in [3.63, 3.8) is 0 Å². The predicted octanol–water partition coefficient (Wildman–Crippen LogP) is 3.82. The first-order valence-electron chi connectivity index (χ1n) is 6.76. The van der Waals surface area contributed by atoms with Gasteiger partial charge in [-0.1, -0.05) is 12.1 Å². The fourth-order valence-electron chi connectivity index (χ4n) is 2.23. The molecule has 2 aromatic rings. The second-order valence-electron chi connectivity index (χ2n) is 5.07. The second-order valence-corrected chi connectivity index (χ2v) is 5.34. The molecule has 0 aliphatic heterocycles. The lowest BCUT2D eigenvalue weighted by Crippen LogP contribution is -2.32. The van der Waals surface area contributed by atoms with Crippen LogP contribution < -0.4 is 0 Å². The molecule has 0 spiro atoms. The summed E-state index contributed by atoms with van der Waals surface area (Å²) < 4.78 is 5.35. The summed E-state index contributed by atoms with van der Waals surface area (Å²) in [4.78, 5) is 14.5. The number of rotatable bonds is 5. The van der Waals surface area contributed by atoms with Crippen molar-refractivity contribution in [2.45, 2.75) is 31.3 Å². The number of nitrogens with zero attached hydrogens (tertiary/aromatic N) is 1. The van der Waals surface area contributed by atoms with E-state index in [1.54, 1.807) is 6.26 Å². The summed E-state index contributed by atoms with van der Waals surface area (Å²) in [5.74, 6) is 1.35. The molecule has 0 bridgehead atoms. The van der Waals surface area contributed by atoms with E-state index < -0.39 is 0 Å². The van der Waals surface area contributed by atoms with E-state index in [4.69, 9.17) is 16.0 Å². The molecule has 20 heavy (non-hydrogen) atoms. The molecule has 3 rings (SSSR count). The molecule has 4 heteroatoms. The zero-order valence-electron chi connectivity index (χ0n) is 11.1. The normalized spacial score (nSPS) is 14.2. The molecule has 0 unspecified atom stereocenters. The van der Waals surface area contributed by atoms with Gasteiger partial charge >= 0.3 is 0 Å². The van der Waals surface area contributed by atoms with E-state index >= 15 is 0 Å². The van der Waals surface area contributed by atoms with Crippen LogP contribution in [0.15, 0.2) is 47.1 Å². The number of amides is 1. The highest BCUT2D eigenvalue weighted by molar-refractivity contribution is 6.17. The van der Waals surface area contributed by atoms with Gasteiger partial charge in [-0.3, -0.25) is 4.79 Å². The van der Waals surface area contributed by atoms with E-state index in [-0.39, 0.29) is 5.91 Å². The number of hydrogen-bond acceptors (Lipinski definition) is 2. The lowest BCUT2D eigenvalue weighted by molar-refractivity contribution is 0.0717. The monoisotopic (exact) mass is 289 g/mol. The summed E-state index contributed by atoms with van der Waals surface area (Å²) in [6.45, 7) is 0.535. The van der Waals surface area contributed by atoms with Crippen molar-refractivity contribution in [2.75, 3.05) is 0 Å². The van der Waals surface area contributed by atoms with Crippen LogP contribution in [0.4, 0.5) is 0 Å². The third-order valence-corrected chi connectivity index (χ3v) is 3.82. The Labute approximate surface area is 123 Å². The van der Waals surface area contributed by atoms with Gasteiger partial charge in [0.15, 0.2) is 0 Å². The summed E-state index contributed by atoms with van der Waals surface area (Å²) in [7, 11) is 0. The van der Waals surface area contributed by atoms with Crippen molar-refractivity contribution in [1.82, 2.24) is 4.90 Å². The zero-order chi connectivity index (χ0) is 13.9. The van der Waals surface area contributed by atoms with Gasteiger partial charge < -0.3 is 9.32 Å². The molecule has 1 aliphatic rings. The largest absolute Gasteiger partial charge is 0.467 e. The van der Waals surface area contributed by atoms with Gasteiger partial charge in [-0.25, -0.2) is 0 Å². The summed E-state index contributed by atoms with van der Waals surface area (Å²) in [6.07, 6.45) is 3.79. The lowest BCUT2D eigenvalue weighted by Gasteiger charge is -2.21. The van der Waals surface area contributed by atoms with Crippen LogP contribution in [0.25, 0.3) is 0 Å². The molecule has 1 aromatic heterocycles. The lowest BCUT2D eigenvalue weighted by atomic mass is 10.1. The fourth-order valence-corrected chi connectivity index (χ4v) is 2.40. The van der Waals surface area contributed by atoms with E-state index in [0.717, 1.165) is 24.2 Å². The van der Waals surface area contributed by atoms with Gasteiger partial charge in [0.1, 0.15) is 5.76 Å². The number of alkyl halides is 1. The van der Waals surface area contributed by atoms with Crippen molar-refractivity contribution >= 4 is 17.5 Å². The molecule has 0 atom stereocenters. The van der Waals surface area contributed by atoms with E-state index in [1.807, 2.05) is 41.3 Å². The van der Waals surface area contributed by atoms with Crippen molar-refractivity contribution in [2.24, 2.45) is 0 Å². The minimum absolute atomic E-state index is 0.0602. The molecular formula is C16H16ClNO2. The summed E-state index contributed by atoms with van der Waals surface area (Å²) in [5.41, 5.74) is 1.73. The predicted molar refractivity (Wildman–Crippen MR) is 77.6 cm³/mol. The van der Waals surface area contributed by atoms with Crippen LogP contribution in [0, 0.1) is 0 Å². The molecule has 1 amide bonds. The molecule has 0 N–H and O–H groups in total. The van der Waals surface area contributed by atoms with E-state index in [1.165, 1.54) is 0 Å². The van der Waals surface area contributed by atoms with Crippen molar-refractivity contribution in [3.8, 4) is 0 Å². The molecule has 1 saturated carbocycles. The molecule has 1 aliphatic carbocycles. The molecule has 0 saturated heterocycles. The quantitative estimate of drug-likeness (QED) is 0.784. The summed E-state index contributed by atoms with van der Waals surface area (Å²) >= 11 is 5.77. The summed E-state index contributed by atoms with van der Waals surface area (Å²) in [6, 6.07) is 11.6. The number of carbonyl (C=O) groups excluding carboxylic acids is 1. The molecular weight excluding hydrogens is 274 g/mol. The van der Waals surface area contributed by atoms with Crippen molar-refractivity contribution < 1.29 is 9.21 Å². The topological polar surface area (TPSA) is 33.5 Å². The first kappa shape index (κ1) is 13.3. The number of halogens is 1. The maximum Gasteiger partial charge on any atom is 0.254 e. The zero-order valence-corrected chi connectivity index (χ0v) is 11.8. The van der Waals surface area contributed by atoms with Gasteiger partial charge in [0.2, 0.25) is 0 Å².